The summed E-state index contributed by atoms with van der Waals surface area (Å²) in [6.45, 7) is 0. The van der Waals surface area contributed by atoms with Gasteiger partial charge in [-0.3, -0.25) is 4.79 Å². The molecule has 4 fully saturated rings. The lowest BCUT2D eigenvalue weighted by Gasteiger charge is -2.62. The number of carbonyl (C=O) groups is 1. The molecule has 2 atom stereocenters. The Labute approximate surface area is 138 Å². The summed E-state index contributed by atoms with van der Waals surface area (Å²) in [6.07, 6.45) is -0.830. The van der Waals surface area contributed by atoms with Gasteiger partial charge in [0, 0.05) is 6.08 Å². The van der Waals surface area contributed by atoms with Gasteiger partial charge in [0.1, 0.15) is 0 Å². The van der Waals surface area contributed by atoms with Gasteiger partial charge in [0.25, 0.3) is 0 Å². The fourth-order valence-corrected chi connectivity index (χ4v) is 5.78. The first-order valence-electron chi connectivity index (χ1n) is 8.38. The van der Waals surface area contributed by atoms with Gasteiger partial charge < -0.3 is 5.73 Å². The molecule has 0 saturated heterocycles. The van der Waals surface area contributed by atoms with Crippen LogP contribution < -0.4 is 5.73 Å². The first-order valence-corrected chi connectivity index (χ1v) is 8.38. The standard InChI is InChI=1S/C19H20F3NO/c20-19(21,22)10-15-12-6-17(14-4-2-1-3-5-14)7-13(15)9-18(8-12,11-17)16(23)24/h1-5,10,12-13H,6-9,11H2,(H2,23,24). The number of halogens is 3. The number of nitrogens with two attached hydrogens (primary N) is 1. The van der Waals surface area contributed by atoms with E-state index in [1.165, 1.54) is 0 Å². The van der Waals surface area contributed by atoms with E-state index in [2.05, 4.69) is 0 Å². The molecule has 24 heavy (non-hydrogen) atoms. The summed E-state index contributed by atoms with van der Waals surface area (Å²) in [6, 6.07) is 9.92. The van der Waals surface area contributed by atoms with Crippen LogP contribution in [-0.4, -0.2) is 12.1 Å². The van der Waals surface area contributed by atoms with Crippen LogP contribution in [0, 0.1) is 17.3 Å². The first kappa shape index (κ1) is 15.7. The fourth-order valence-electron chi connectivity index (χ4n) is 5.78. The maximum Gasteiger partial charge on any atom is 0.409 e. The largest absolute Gasteiger partial charge is 0.409 e. The highest BCUT2D eigenvalue weighted by Gasteiger charge is 2.62. The molecule has 1 aromatic rings. The van der Waals surface area contributed by atoms with E-state index in [0.717, 1.165) is 5.56 Å². The fraction of sp³-hybridized carbons (Fsp3) is 0.526. The van der Waals surface area contributed by atoms with Gasteiger partial charge in [-0.15, -0.1) is 0 Å². The predicted octanol–water partition coefficient (Wildman–Crippen LogP) is 4.11. The quantitative estimate of drug-likeness (QED) is 0.812. The van der Waals surface area contributed by atoms with Gasteiger partial charge in [-0.2, -0.15) is 13.2 Å². The van der Waals surface area contributed by atoms with E-state index in [1.807, 2.05) is 30.3 Å². The average molecular weight is 335 g/mol. The summed E-state index contributed by atoms with van der Waals surface area (Å²) in [7, 11) is 0. The lowest BCUT2D eigenvalue weighted by molar-refractivity contribution is -0.141. The third-order valence-electron chi connectivity index (χ3n) is 6.41. The Morgan fingerprint density at radius 3 is 2.17 bits per heavy atom. The molecule has 4 aliphatic rings. The summed E-state index contributed by atoms with van der Waals surface area (Å²) in [5, 5.41) is 0. The first-order chi connectivity index (χ1) is 11.2. The number of allylic oxidation sites excluding steroid dienone is 2. The predicted molar refractivity (Wildman–Crippen MR) is 84.0 cm³/mol. The summed E-state index contributed by atoms with van der Waals surface area (Å²) in [5.74, 6) is -0.732. The van der Waals surface area contributed by atoms with E-state index in [4.69, 9.17) is 5.73 Å². The highest BCUT2D eigenvalue weighted by molar-refractivity contribution is 5.82. The Kier molecular flexibility index (Phi) is 3.19. The van der Waals surface area contributed by atoms with Crippen LogP contribution in [0.5, 0.6) is 0 Å². The summed E-state index contributed by atoms with van der Waals surface area (Å²) in [5.41, 5.74) is 6.48. The second-order valence-electron chi connectivity index (χ2n) is 7.86. The van der Waals surface area contributed by atoms with Crippen molar-refractivity contribution in [2.75, 3.05) is 0 Å². The van der Waals surface area contributed by atoms with Crippen molar-refractivity contribution in [2.45, 2.75) is 43.7 Å². The third kappa shape index (κ3) is 2.28. The highest BCUT2D eigenvalue weighted by atomic mass is 19.4. The van der Waals surface area contributed by atoms with Crippen molar-refractivity contribution in [3.8, 4) is 0 Å². The normalized spacial score (nSPS) is 37.5. The van der Waals surface area contributed by atoms with Crippen molar-refractivity contribution in [3.05, 3.63) is 47.5 Å². The molecule has 1 amide bonds. The highest BCUT2D eigenvalue weighted by Crippen LogP contribution is 2.67. The van der Waals surface area contributed by atoms with E-state index in [1.54, 1.807) is 0 Å². The van der Waals surface area contributed by atoms with E-state index in [-0.39, 0.29) is 23.2 Å². The number of hydrogen-bond acceptors (Lipinski definition) is 1. The molecule has 0 spiro atoms. The summed E-state index contributed by atoms with van der Waals surface area (Å²) in [4.78, 5) is 12.2. The molecule has 4 saturated carbocycles. The van der Waals surface area contributed by atoms with E-state index >= 15 is 0 Å². The monoisotopic (exact) mass is 335 g/mol. The second kappa shape index (κ2) is 4.87. The zero-order valence-electron chi connectivity index (χ0n) is 13.3. The molecule has 2 unspecified atom stereocenters. The lowest BCUT2D eigenvalue weighted by Crippen LogP contribution is -2.59. The number of alkyl halides is 3. The van der Waals surface area contributed by atoms with Crippen LogP contribution in [-0.2, 0) is 10.2 Å². The van der Waals surface area contributed by atoms with Crippen molar-refractivity contribution in [1.29, 1.82) is 0 Å². The van der Waals surface area contributed by atoms with Crippen LogP contribution in [0.1, 0.15) is 37.7 Å². The molecule has 5 heteroatoms. The molecule has 2 nitrogen and oxygen atoms in total. The van der Waals surface area contributed by atoms with Crippen LogP contribution >= 0.6 is 0 Å². The maximum atomic E-state index is 13.0. The minimum Gasteiger partial charge on any atom is -0.369 e. The third-order valence-corrected chi connectivity index (χ3v) is 6.41. The molecule has 4 bridgehead atoms. The number of hydrogen-bond donors (Lipinski definition) is 1. The SMILES string of the molecule is NC(=O)C12CC3CC(c4ccccc4)(CC(C1)C3=CC(F)(F)F)C2. The van der Waals surface area contributed by atoms with E-state index < -0.39 is 11.6 Å². The summed E-state index contributed by atoms with van der Waals surface area (Å²) < 4.78 is 38.9. The molecule has 128 valence electrons. The van der Waals surface area contributed by atoms with Gasteiger partial charge in [-0.05, 0) is 54.9 Å². The van der Waals surface area contributed by atoms with Crippen LogP contribution in [0.2, 0.25) is 0 Å². The lowest BCUT2D eigenvalue weighted by atomic mass is 9.41. The number of primary amides is 1. The number of carbonyl (C=O) groups excluding carboxylic acids is 1. The van der Waals surface area contributed by atoms with Gasteiger partial charge in [0.2, 0.25) is 5.91 Å². The Hall–Kier alpha value is -1.78. The van der Waals surface area contributed by atoms with E-state index in [0.29, 0.717) is 43.8 Å². The van der Waals surface area contributed by atoms with Crippen molar-refractivity contribution < 1.29 is 18.0 Å². The Morgan fingerprint density at radius 1 is 1.08 bits per heavy atom. The van der Waals surface area contributed by atoms with Crippen LogP contribution in [0.3, 0.4) is 0 Å². The van der Waals surface area contributed by atoms with Gasteiger partial charge in [0.05, 0.1) is 5.41 Å². The van der Waals surface area contributed by atoms with E-state index in [9.17, 15) is 18.0 Å². The van der Waals surface area contributed by atoms with Crippen molar-refractivity contribution in [1.82, 2.24) is 0 Å². The molecule has 2 N–H and O–H groups in total. The number of rotatable bonds is 2. The van der Waals surface area contributed by atoms with Gasteiger partial charge in [0.15, 0.2) is 0 Å². The molecular formula is C19H20F3NO. The van der Waals surface area contributed by atoms with Crippen molar-refractivity contribution >= 4 is 5.91 Å². The van der Waals surface area contributed by atoms with Crippen LogP contribution in [0.15, 0.2) is 42.0 Å². The zero-order chi connectivity index (χ0) is 17.2. The van der Waals surface area contributed by atoms with Crippen molar-refractivity contribution in [2.24, 2.45) is 23.0 Å². The maximum absolute atomic E-state index is 13.0. The number of amides is 1. The topological polar surface area (TPSA) is 43.1 Å². The second-order valence-corrected chi connectivity index (χ2v) is 7.86. The molecule has 0 aliphatic heterocycles. The Morgan fingerprint density at radius 2 is 1.67 bits per heavy atom. The average Bonchev–Trinajstić information content (AvgIpc) is 2.50. The molecule has 0 radical (unpaired) electrons. The Balaban J connectivity index is 1.80. The molecular weight excluding hydrogens is 315 g/mol. The molecule has 1 aromatic carbocycles. The molecule has 0 aromatic heterocycles. The summed E-state index contributed by atoms with van der Waals surface area (Å²) >= 11 is 0. The minimum atomic E-state index is -4.30. The number of benzene rings is 1. The Bertz CT molecular complexity index is 689. The molecule has 0 heterocycles. The van der Waals surface area contributed by atoms with Crippen LogP contribution in [0.25, 0.3) is 0 Å². The van der Waals surface area contributed by atoms with Crippen LogP contribution in [0.4, 0.5) is 13.2 Å². The van der Waals surface area contributed by atoms with Crippen molar-refractivity contribution in [3.63, 3.8) is 0 Å². The van der Waals surface area contributed by atoms with Gasteiger partial charge in [-0.1, -0.05) is 35.9 Å². The smallest absolute Gasteiger partial charge is 0.369 e. The van der Waals surface area contributed by atoms with Gasteiger partial charge in [-0.25, -0.2) is 0 Å². The van der Waals surface area contributed by atoms with Gasteiger partial charge >= 0.3 is 6.18 Å². The molecule has 5 rings (SSSR count). The zero-order valence-corrected chi connectivity index (χ0v) is 13.3. The minimum absolute atomic E-state index is 0.194. The molecule has 4 aliphatic carbocycles.